The van der Waals surface area contributed by atoms with Crippen molar-refractivity contribution in [2.45, 2.75) is 19.3 Å². The van der Waals surface area contributed by atoms with E-state index in [-0.39, 0.29) is 24.4 Å². The summed E-state index contributed by atoms with van der Waals surface area (Å²) in [6.45, 7) is 4.81. The van der Waals surface area contributed by atoms with E-state index in [0.29, 0.717) is 30.4 Å². The van der Waals surface area contributed by atoms with Gasteiger partial charge in [0.15, 0.2) is 0 Å². The third-order valence-electron chi connectivity index (χ3n) is 6.20. The Labute approximate surface area is 214 Å². The molecule has 0 radical (unpaired) electrons. The minimum Gasteiger partial charge on any atom is -0.492 e. The number of carbonyl (C=O) groups excluding carboxylic acids is 1. The number of carbonyl (C=O) groups is 1. The van der Waals surface area contributed by atoms with Crippen molar-refractivity contribution in [1.29, 1.82) is 0 Å². The quantitative estimate of drug-likeness (QED) is 0.240. The van der Waals surface area contributed by atoms with Crippen LogP contribution >= 0.6 is 12.4 Å². The molecular formula is C26H30ClFN2O6. The molecule has 1 unspecified atom stereocenters. The van der Waals surface area contributed by atoms with Gasteiger partial charge < -0.3 is 13.9 Å². The number of rotatable bonds is 10. The van der Waals surface area contributed by atoms with Gasteiger partial charge in [0.1, 0.15) is 23.8 Å². The third kappa shape index (κ3) is 7.51. The summed E-state index contributed by atoms with van der Waals surface area (Å²) in [5.74, 6) is -0.951. The molecule has 4 rings (SSSR count). The SMILES string of the molecule is Cl.O=C(NO)C(CCc1ccc(OCCN2CCOCC2)cc1)Cc1cc2ccc(F)cc2oc1=O. The van der Waals surface area contributed by atoms with E-state index in [2.05, 4.69) is 4.90 Å². The molecule has 1 amide bonds. The Morgan fingerprint density at radius 1 is 1.14 bits per heavy atom. The molecule has 10 heteroatoms. The van der Waals surface area contributed by atoms with Crippen LogP contribution in [0.3, 0.4) is 0 Å². The van der Waals surface area contributed by atoms with E-state index in [1.807, 2.05) is 24.3 Å². The van der Waals surface area contributed by atoms with Gasteiger partial charge >= 0.3 is 5.63 Å². The van der Waals surface area contributed by atoms with Crippen LogP contribution in [0.15, 0.2) is 57.7 Å². The molecule has 8 nitrogen and oxygen atoms in total. The molecular weight excluding hydrogens is 491 g/mol. The molecule has 1 fully saturated rings. The van der Waals surface area contributed by atoms with Gasteiger partial charge in [-0.3, -0.25) is 14.9 Å². The molecule has 36 heavy (non-hydrogen) atoms. The van der Waals surface area contributed by atoms with Crippen LogP contribution in [-0.2, 0) is 22.4 Å². The van der Waals surface area contributed by atoms with Gasteiger partial charge in [-0.25, -0.2) is 14.7 Å². The molecule has 0 spiro atoms. The first-order chi connectivity index (χ1) is 17.0. The van der Waals surface area contributed by atoms with Gasteiger partial charge in [-0.05, 0) is 55.2 Å². The highest BCUT2D eigenvalue weighted by Gasteiger charge is 2.21. The lowest BCUT2D eigenvalue weighted by Crippen LogP contribution is -2.38. The number of morpholine rings is 1. The molecule has 3 aromatic rings. The van der Waals surface area contributed by atoms with E-state index < -0.39 is 23.3 Å². The van der Waals surface area contributed by atoms with E-state index in [1.165, 1.54) is 12.1 Å². The van der Waals surface area contributed by atoms with Crippen LogP contribution < -0.4 is 15.8 Å². The number of ether oxygens (including phenoxy) is 2. The first kappa shape index (κ1) is 27.6. The van der Waals surface area contributed by atoms with Gasteiger partial charge in [0.2, 0.25) is 5.91 Å². The molecule has 0 saturated carbocycles. The fourth-order valence-electron chi connectivity index (χ4n) is 4.16. The van der Waals surface area contributed by atoms with E-state index in [9.17, 15) is 19.2 Å². The molecule has 2 aromatic carbocycles. The number of hydrogen-bond acceptors (Lipinski definition) is 7. The Hall–Kier alpha value is -2.98. The fraction of sp³-hybridized carbons (Fsp3) is 0.385. The monoisotopic (exact) mass is 520 g/mol. The first-order valence-corrected chi connectivity index (χ1v) is 11.7. The lowest BCUT2D eigenvalue weighted by atomic mass is 9.92. The van der Waals surface area contributed by atoms with Crippen molar-refractivity contribution in [2.24, 2.45) is 5.92 Å². The van der Waals surface area contributed by atoms with Crippen LogP contribution in [0.25, 0.3) is 11.0 Å². The van der Waals surface area contributed by atoms with E-state index in [0.717, 1.165) is 50.2 Å². The van der Waals surface area contributed by atoms with Gasteiger partial charge in [0.25, 0.3) is 0 Å². The van der Waals surface area contributed by atoms with E-state index in [1.54, 1.807) is 11.5 Å². The Morgan fingerprint density at radius 2 is 1.89 bits per heavy atom. The summed E-state index contributed by atoms with van der Waals surface area (Å²) in [4.78, 5) is 27.0. The molecule has 1 saturated heterocycles. The number of nitrogens with zero attached hydrogens (tertiary/aromatic N) is 1. The summed E-state index contributed by atoms with van der Waals surface area (Å²) in [5, 5.41) is 9.76. The largest absolute Gasteiger partial charge is 0.492 e. The second-order valence-electron chi connectivity index (χ2n) is 8.60. The smallest absolute Gasteiger partial charge is 0.339 e. The normalized spacial score (nSPS) is 14.7. The summed E-state index contributed by atoms with van der Waals surface area (Å²) in [6, 6.07) is 13.2. The number of benzene rings is 2. The van der Waals surface area contributed by atoms with Crippen LogP contribution in [0.1, 0.15) is 17.5 Å². The van der Waals surface area contributed by atoms with Crippen LogP contribution in [0.2, 0.25) is 0 Å². The number of nitrogens with one attached hydrogen (secondary N) is 1. The standard InChI is InChI=1S/C26H29FN2O6.ClH/c27-22-6-5-19-15-21(26(31)35-24(19)17-22)16-20(25(30)28-32)4-1-18-2-7-23(8-3-18)34-14-11-29-9-12-33-13-10-29;/h2-3,5-8,15,17,20,32H,1,4,9-14,16H2,(H,28,30);1H. The zero-order chi connectivity index (χ0) is 24.6. The number of amides is 1. The van der Waals surface area contributed by atoms with Crippen molar-refractivity contribution < 1.29 is 28.3 Å². The van der Waals surface area contributed by atoms with Crippen molar-refractivity contribution in [2.75, 3.05) is 39.5 Å². The van der Waals surface area contributed by atoms with Crippen molar-refractivity contribution in [1.82, 2.24) is 10.4 Å². The van der Waals surface area contributed by atoms with Crippen molar-refractivity contribution in [3.63, 3.8) is 0 Å². The minimum atomic E-state index is -0.648. The molecule has 2 N–H and O–H groups in total. The van der Waals surface area contributed by atoms with Crippen molar-refractivity contribution in [3.05, 3.63) is 75.9 Å². The zero-order valence-corrected chi connectivity index (χ0v) is 20.6. The third-order valence-corrected chi connectivity index (χ3v) is 6.20. The number of fused-ring (bicyclic) bond motifs is 1. The molecule has 1 aliphatic rings. The van der Waals surface area contributed by atoms with Crippen LogP contribution in [-0.4, -0.2) is 55.5 Å². The minimum absolute atomic E-state index is 0. The lowest BCUT2D eigenvalue weighted by molar-refractivity contribution is -0.133. The molecule has 194 valence electrons. The van der Waals surface area contributed by atoms with Gasteiger partial charge in [0.05, 0.1) is 13.2 Å². The molecule has 1 atom stereocenters. The highest BCUT2D eigenvalue weighted by Crippen LogP contribution is 2.20. The van der Waals surface area contributed by atoms with Gasteiger partial charge in [-0.15, -0.1) is 12.4 Å². The highest BCUT2D eigenvalue weighted by atomic mass is 35.5. The van der Waals surface area contributed by atoms with Crippen LogP contribution in [0, 0.1) is 11.7 Å². The first-order valence-electron chi connectivity index (χ1n) is 11.7. The summed E-state index contributed by atoms with van der Waals surface area (Å²) < 4.78 is 29.8. The molecule has 0 aliphatic carbocycles. The van der Waals surface area contributed by atoms with E-state index in [4.69, 9.17) is 13.9 Å². The molecule has 1 aliphatic heterocycles. The lowest BCUT2D eigenvalue weighted by Gasteiger charge is -2.26. The number of hydroxylamine groups is 1. The van der Waals surface area contributed by atoms with Crippen molar-refractivity contribution >= 4 is 29.3 Å². The summed E-state index contributed by atoms with van der Waals surface area (Å²) in [7, 11) is 0. The number of aryl methyl sites for hydroxylation is 1. The molecule has 2 heterocycles. The maximum absolute atomic E-state index is 13.4. The fourth-order valence-corrected chi connectivity index (χ4v) is 4.16. The second kappa shape index (κ2) is 13.4. The average molecular weight is 521 g/mol. The zero-order valence-electron chi connectivity index (χ0n) is 19.8. The van der Waals surface area contributed by atoms with Crippen molar-refractivity contribution in [3.8, 4) is 5.75 Å². The predicted octanol–water partition coefficient (Wildman–Crippen LogP) is 3.36. The summed E-state index contributed by atoms with van der Waals surface area (Å²) in [6.07, 6.45) is 1.06. The van der Waals surface area contributed by atoms with Gasteiger partial charge in [-0.1, -0.05) is 12.1 Å². The molecule has 1 aromatic heterocycles. The summed E-state index contributed by atoms with van der Waals surface area (Å²) >= 11 is 0. The van der Waals surface area contributed by atoms with Crippen LogP contribution in [0.4, 0.5) is 4.39 Å². The topological polar surface area (TPSA) is 101 Å². The Balaban J connectivity index is 0.00000361. The number of halogens is 2. The second-order valence-corrected chi connectivity index (χ2v) is 8.60. The maximum Gasteiger partial charge on any atom is 0.339 e. The van der Waals surface area contributed by atoms with Gasteiger partial charge in [0, 0.05) is 42.6 Å². The Bertz CT molecular complexity index is 1200. The average Bonchev–Trinajstić information content (AvgIpc) is 2.88. The maximum atomic E-state index is 13.4. The Morgan fingerprint density at radius 3 is 2.61 bits per heavy atom. The van der Waals surface area contributed by atoms with Gasteiger partial charge in [-0.2, -0.15) is 0 Å². The number of hydrogen-bond donors (Lipinski definition) is 2. The highest BCUT2D eigenvalue weighted by molar-refractivity contribution is 5.85. The predicted molar refractivity (Wildman–Crippen MR) is 134 cm³/mol. The Kier molecular flexibility index (Phi) is 10.2. The molecule has 0 bridgehead atoms. The summed E-state index contributed by atoms with van der Waals surface area (Å²) in [5.41, 5.74) is 2.51. The van der Waals surface area contributed by atoms with Crippen LogP contribution in [0.5, 0.6) is 5.75 Å². The van der Waals surface area contributed by atoms with E-state index >= 15 is 0 Å².